The summed E-state index contributed by atoms with van der Waals surface area (Å²) in [6, 6.07) is 0. The third kappa shape index (κ3) is 6.89. The van der Waals surface area contributed by atoms with Gasteiger partial charge >= 0.3 is 27.6 Å². The average molecular weight is 763 g/mol. The van der Waals surface area contributed by atoms with E-state index in [0.717, 1.165) is 5.57 Å². The second-order valence-corrected chi connectivity index (χ2v) is 17.1. The molecule has 4 aliphatic carbocycles. The Morgan fingerprint density at radius 2 is 1.39 bits per heavy atom. The van der Waals surface area contributed by atoms with Gasteiger partial charge in [-0.15, -0.1) is 0 Å². The molecule has 51 heavy (non-hydrogen) atoms. The van der Waals surface area contributed by atoms with Crippen molar-refractivity contribution in [2.45, 2.75) is 102 Å². The average Bonchev–Trinajstić information content (AvgIpc) is 3.65. The molecule has 2 aliphatic heterocycles. The third-order valence-corrected chi connectivity index (χ3v) is 13.7. The molecule has 286 valence electrons. The maximum Gasteiger partial charge on any atom is 0.373 e. The van der Waals surface area contributed by atoms with Crippen molar-refractivity contribution in [1.29, 1.82) is 0 Å². The number of rotatable bonds is 12. The number of carbonyl (C=O) groups excluding carboxylic acids is 2. The van der Waals surface area contributed by atoms with Crippen LogP contribution in [0, 0.1) is 28.6 Å². The van der Waals surface area contributed by atoms with Gasteiger partial charge in [-0.25, -0.2) is 9.59 Å². The van der Waals surface area contributed by atoms with Crippen molar-refractivity contribution in [3.05, 3.63) is 34.7 Å². The Kier molecular flexibility index (Phi) is 10.3. The lowest BCUT2D eigenvalue weighted by molar-refractivity contribution is -0.324. The number of cyclic esters (lactones) is 2. The first-order valence-electron chi connectivity index (χ1n) is 16.7. The first-order chi connectivity index (χ1) is 23.8. The van der Waals surface area contributed by atoms with Gasteiger partial charge in [0.1, 0.15) is 24.4 Å². The van der Waals surface area contributed by atoms with Crippen LogP contribution < -0.4 is 20.0 Å². The molecule has 0 aromatic carbocycles. The highest BCUT2D eigenvalue weighted by Crippen LogP contribution is 2.67. The molecule has 0 saturated heterocycles. The van der Waals surface area contributed by atoms with E-state index in [-0.39, 0.29) is 29.6 Å². The zero-order chi connectivity index (χ0) is 37.3. The van der Waals surface area contributed by atoms with Gasteiger partial charge in [-0.3, -0.25) is 9.13 Å². The van der Waals surface area contributed by atoms with Crippen LogP contribution in [0.4, 0.5) is 0 Å². The minimum absolute atomic E-state index is 0.0452. The van der Waals surface area contributed by atoms with Crippen molar-refractivity contribution < 1.29 is 86.7 Å². The summed E-state index contributed by atoms with van der Waals surface area (Å²) in [6.45, 7) is 2.26. The normalized spacial score (nSPS) is 39.8. The van der Waals surface area contributed by atoms with Crippen LogP contribution in [0.5, 0.6) is 0 Å². The van der Waals surface area contributed by atoms with E-state index in [2.05, 4.69) is 22.5 Å². The van der Waals surface area contributed by atoms with Crippen molar-refractivity contribution in [3.63, 3.8) is 0 Å². The Bertz CT molecular complexity index is 1620. The Morgan fingerprint density at radius 3 is 1.94 bits per heavy atom. The molecule has 0 amide bonds. The van der Waals surface area contributed by atoms with Gasteiger partial charge in [0.2, 0.25) is 11.5 Å². The number of aliphatic hydroxyl groups is 4. The molecular weight excluding hydrogens is 722 g/mol. The van der Waals surface area contributed by atoms with Crippen LogP contribution in [0.25, 0.3) is 0 Å². The van der Waals surface area contributed by atoms with E-state index in [0.29, 0.717) is 44.9 Å². The quantitative estimate of drug-likeness (QED) is 0.0988. The highest BCUT2D eigenvalue weighted by molar-refractivity contribution is 7.46. The van der Waals surface area contributed by atoms with E-state index in [1.54, 1.807) is 0 Å². The SMILES string of the molecule is C[C@]12CC[C@H](OP(=O)([O-])OC3=C([O-])C(C(O)CO)OC3=O)CC1=CCC1C2CC[C@@]2(C)C1CC[C@@H]2OP(=O)([O-])OC1=C([O-])C(C(O)CO)OC1=O. The summed E-state index contributed by atoms with van der Waals surface area (Å²) in [6.07, 6.45) is -2.65. The van der Waals surface area contributed by atoms with Crippen molar-refractivity contribution in [1.82, 2.24) is 0 Å². The zero-order valence-corrected chi connectivity index (χ0v) is 29.5. The fourth-order valence-electron chi connectivity index (χ4n) is 9.21. The Balaban J connectivity index is 1.10. The van der Waals surface area contributed by atoms with Crippen LogP contribution in [-0.2, 0) is 46.3 Å². The highest BCUT2D eigenvalue weighted by Gasteiger charge is 2.60. The fourth-order valence-corrected chi connectivity index (χ4v) is 11.3. The van der Waals surface area contributed by atoms with Crippen LogP contribution in [0.3, 0.4) is 0 Å². The van der Waals surface area contributed by atoms with E-state index in [1.165, 1.54) is 0 Å². The monoisotopic (exact) mass is 762 g/mol. The van der Waals surface area contributed by atoms with Crippen molar-refractivity contribution in [2.75, 3.05) is 13.2 Å². The minimum Gasteiger partial charge on any atom is -0.870 e. The second-order valence-electron chi connectivity index (χ2n) is 14.6. The maximum absolute atomic E-state index is 13.0. The van der Waals surface area contributed by atoms with Gasteiger partial charge in [0, 0.05) is 0 Å². The first-order valence-corrected chi connectivity index (χ1v) is 19.7. The largest absolute Gasteiger partial charge is 0.870 e. The maximum atomic E-state index is 13.0. The number of ether oxygens (including phenoxy) is 2. The molecule has 0 bridgehead atoms. The number of allylic oxidation sites excluding steroid dienone is 1. The van der Waals surface area contributed by atoms with E-state index < -0.39 is 106 Å². The van der Waals surface area contributed by atoms with E-state index in [4.69, 9.17) is 28.3 Å². The third-order valence-electron chi connectivity index (χ3n) is 11.8. The minimum atomic E-state index is -5.26. The van der Waals surface area contributed by atoms with Crippen LogP contribution in [-0.4, -0.2) is 82.2 Å². The predicted molar refractivity (Wildman–Crippen MR) is 159 cm³/mol. The molecular formula is C31H40O18P2-4. The number of carbonyl (C=O) groups is 2. The smallest absolute Gasteiger partial charge is 0.373 e. The molecule has 6 rings (SSSR count). The second kappa shape index (κ2) is 13.7. The molecule has 0 aromatic heterocycles. The molecule has 0 radical (unpaired) electrons. The Hall–Kier alpha value is -2.50. The molecule has 4 N–H and O–H groups in total. The van der Waals surface area contributed by atoms with Crippen molar-refractivity contribution in [2.24, 2.45) is 28.6 Å². The predicted octanol–water partition coefficient (Wildman–Crippen LogP) is -1.61. The fraction of sp³-hybridized carbons (Fsp3) is 0.742. The van der Waals surface area contributed by atoms with Crippen LogP contribution in [0.15, 0.2) is 34.7 Å². The first kappa shape index (κ1) is 38.2. The lowest BCUT2D eigenvalue weighted by Gasteiger charge is -2.58. The van der Waals surface area contributed by atoms with Gasteiger partial charge < -0.3 is 68.0 Å². The molecule has 20 heteroatoms. The molecule has 9 unspecified atom stereocenters. The molecule has 0 spiro atoms. The molecule has 13 atom stereocenters. The lowest BCUT2D eigenvalue weighted by atomic mass is 9.48. The van der Waals surface area contributed by atoms with Gasteiger partial charge in [-0.05, 0) is 91.5 Å². The number of phosphoric ester groups is 2. The van der Waals surface area contributed by atoms with Gasteiger partial charge in [0.05, 0.1) is 25.4 Å². The number of aliphatic hydroxyl groups excluding tert-OH is 4. The molecule has 2 heterocycles. The number of fused-ring (bicyclic) bond motifs is 5. The summed E-state index contributed by atoms with van der Waals surface area (Å²) < 4.78 is 55.4. The molecule has 3 fully saturated rings. The topological polar surface area (TPSA) is 297 Å². The van der Waals surface area contributed by atoms with E-state index >= 15 is 0 Å². The summed E-state index contributed by atoms with van der Waals surface area (Å²) in [5.41, 5.74) is 0.0795. The Labute approximate surface area is 292 Å². The molecule has 0 aromatic rings. The molecule has 18 nitrogen and oxygen atoms in total. The summed E-state index contributed by atoms with van der Waals surface area (Å²) in [5.74, 6) is -7.18. The molecule has 3 saturated carbocycles. The van der Waals surface area contributed by atoms with Crippen LogP contribution in [0.2, 0.25) is 0 Å². The summed E-state index contributed by atoms with van der Waals surface area (Å²) in [4.78, 5) is 50.0. The van der Waals surface area contributed by atoms with Crippen molar-refractivity contribution >= 4 is 27.6 Å². The number of phosphoric acid groups is 2. The van der Waals surface area contributed by atoms with Gasteiger partial charge in [0.15, 0.2) is 0 Å². The lowest BCUT2D eigenvalue weighted by Crippen LogP contribution is -2.51. The number of esters is 2. The van der Waals surface area contributed by atoms with Crippen molar-refractivity contribution in [3.8, 4) is 0 Å². The summed E-state index contributed by atoms with van der Waals surface area (Å²) in [5, 5.41) is 62.4. The van der Waals surface area contributed by atoms with Crippen LogP contribution in [0.1, 0.15) is 65.2 Å². The van der Waals surface area contributed by atoms with E-state index in [9.17, 15) is 48.9 Å². The van der Waals surface area contributed by atoms with Crippen LogP contribution >= 0.6 is 15.6 Å². The summed E-state index contributed by atoms with van der Waals surface area (Å²) in [7, 11) is -10.5. The number of hydrogen-bond donors (Lipinski definition) is 4. The number of hydrogen-bond acceptors (Lipinski definition) is 18. The zero-order valence-electron chi connectivity index (χ0n) is 27.7. The highest BCUT2D eigenvalue weighted by atomic mass is 31.2. The van der Waals surface area contributed by atoms with Gasteiger partial charge in [0.25, 0.3) is 0 Å². The Morgan fingerprint density at radius 1 is 0.843 bits per heavy atom. The van der Waals surface area contributed by atoms with Gasteiger partial charge in [-0.2, -0.15) is 0 Å². The van der Waals surface area contributed by atoms with E-state index in [1.807, 2.05) is 6.92 Å². The van der Waals surface area contributed by atoms with Gasteiger partial charge in [-0.1, -0.05) is 25.5 Å². The standard InChI is InChI=1S/C31H44O18P2/c1-30-9-7-15(46-50(40,41)48-26-22(36)24(19(34)12-32)44-28(26)38)11-14(30)3-4-16-17-5-6-21(31(17,2)10-8-18(16)30)47-51(42,43)49-27-23(37)25(20(35)13-33)45-29(27)39/h3,15-21,24-25,32-37H,4-13H2,1-2H3,(H,40,41)(H,42,43)/p-4/t15-,16?,17?,18?,19?,20?,21-,24?,25?,30-,31-/m0/s1. The summed E-state index contributed by atoms with van der Waals surface area (Å²) >= 11 is 0. The molecule has 6 aliphatic rings.